The Labute approximate surface area is 127 Å². The number of carbonyl (C=O) groups is 1. The lowest BCUT2D eigenvalue weighted by Gasteiger charge is -2.28. The first-order chi connectivity index (χ1) is 10.2. The topological polar surface area (TPSA) is 41.1 Å². The summed E-state index contributed by atoms with van der Waals surface area (Å²) in [6.07, 6.45) is 7.05. The van der Waals surface area contributed by atoms with E-state index in [0.29, 0.717) is 6.04 Å². The molecule has 1 heterocycles. The quantitative estimate of drug-likeness (QED) is 0.821. The highest BCUT2D eigenvalue weighted by Gasteiger charge is 2.27. The molecule has 3 rings (SSSR count). The summed E-state index contributed by atoms with van der Waals surface area (Å²) in [5, 5.41) is 6.67. The van der Waals surface area contributed by atoms with Crippen LogP contribution < -0.4 is 10.6 Å². The van der Waals surface area contributed by atoms with E-state index in [1.165, 1.54) is 24.8 Å². The van der Waals surface area contributed by atoms with Gasteiger partial charge < -0.3 is 10.6 Å². The van der Waals surface area contributed by atoms with E-state index in [1.807, 2.05) is 6.07 Å². The van der Waals surface area contributed by atoms with Gasteiger partial charge in [-0.1, -0.05) is 44.0 Å². The van der Waals surface area contributed by atoms with E-state index in [4.69, 9.17) is 0 Å². The molecule has 1 aliphatic carbocycles. The van der Waals surface area contributed by atoms with Crippen molar-refractivity contribution in [3.63, 3.8) is 0 Å². The predicted molar refractivity (Wildman–Crippen MR) is 85.1 cm³/mol. The second-order valence-corrected chi connectivity index (χ2v) is 6.65. The van der Waals surface area contributed by atoms with Gasteiger partial charge in [-0.15, -0.1) is 0 Å². The molecular formula is C18H26N2O. The summed E-state index contributed by atoms with van der Waals surface area (Å²) in [5.41, 5.74) is 2.47. The molecular weight excluding hydrogens is 260 g/mol. The molecule has 0 bridgehead atoms. The van der Waals surface area contributed by atoms with Crippen molar-refractivity contribution in [3.8, 4) is 0 Å². The minimum atomic E-state index is -0.171. The second-order valence-electron chi connectivity index (χ2n) is 6.65. The fraction of sp³-hybridized carbons (Fsp3) is 0.611. The molecule has 0 saturated heterocycles. The molecule has 2 N–H and O–H groups in total. The van der Waals surface area contributed by atoms with Crippen molar-refractivity contribution >= 4 is 5.91 Å². The maximum Gasteiger partial charge on any atom is 0.241 e. The minimum Gasteiger partial charge on any atom is -0.352 e. The maximum atomic E-state index is 12.6. The van der Waals surface area contributed by atoms with Crippen LogP contribution in [0.25, 0.3) is 0 Å². The summed E-state index contributed by atoms with van der Waals surface area (Å²) in [7, 11) is 0. The first-order valence-electron chi connectivity index (χ1n) is 8.35. The second kappa shape index (κ2) is 6.61. The van der Waals surface area contributed by atoms with Gasteiger partial charge in [0.25, 0.3) is 0 Å². The van der Waals surface area contributed by atoms with E-state index in [-0.39, 0.29) is 11.9 Å². The highest BCUT2D eigenvalue weighted by atomic mass is 16.2. The molecule has 3 nitrogen and oxygen atoms in total. The number of nitrogens with one attached hydrogen (secondary N) is 2. The van der Waals surface area contributed by atoms with Gasteiger partial charge in [-0.2, -0.15) is 0 Å². The molecule has 1 aliphatic heterocycles. The van der Waals surface area contributed by atoms with Crippen molar-refractivity contribution in [2.24, 2.45) is 5.92 Å². The van der Waals surface area contributed by atoms with Gasteiger partial charge in [-0.25, -0.2) is 0 Å². The van der Waals surface area contributed by atoms with Crippen molar-refractivity contribution < 1.29 is 4.79 Å². The summed E-state index contributed by atoms with van der Waals surface area (Å²) in [6.45, 7) is 3.21. The number of fused-ring (bicyclic) bond motifs is 1. The number of hydrogen-bond donors (Lipinski definition) is 2. The van der Waals surface area contributed by atoms with Crippen LogP contribution >= 0.6 is 0 Å². The van der Waals surface area contributed by atoms with Crippen LogP contribution in [-0.2, 0) is 11.2 Å². The van der Waals surface area contributed by atoms with Crippen molar-refractivity contribution in [1.82, 2.24) is 10.6 Å². The van der Waals surface area contributed by atoms with Gasteiger partial charge in [0.15, 0.2) is 0 Å². The fourth-order valence-corrected chi connectivity index (χ4v) is 3.65. The van der Waals surface area contributed by atoms with Crippen LogP contribution in [0.15, 0.2) is 24.3 Å². The summed E-state index contributed by atoms with van der Waals surface area (Å²) in [6, 6.07) is 8.50. The Morgan fingerprint density at radius 2 is 2.05 bits per heavy atom. The lowest BCUT2D eigenvalue weighted by molar-refractivity contribution is -0.124. The largest absolute Gasteiger partial charge is 0.352 e. The van der Waals surface area contributed by atoms with Crippen LogP contribution in [0.4, 0.5) is 0 Å². The Bertz CT molecular complexity index is 500. The molecule has 2 aliphatic rings. The lowest BCUT2D eigenvalue weighted by Crippen LogP contribution is -2.45. The van der Waals surface area contributed by atoms with E-state index in [2.05, 4.69) is 35.8 Å². The van der Waals surface area contributed by atoms with Crippen LogP contribution in [0.2, 0.25) is 0 Å². The zero-order valence-electron chi connectivity index (χ0n) is 12.9. The van der Waals surface area contributed by atoms with Gasteiger partial charge in [0.2, 0.25) is 5.91 Å². The van der Waals surface area contributed by atoms with Gasteiger partial charge >= 0.3 is 0 Å². The van der Waals surface area contributed by atoms with Crippen LogP contribution in [0, 0.1) is 5.92 Å². The van der Waals surface area contributed by atoms with E-state index in [0.717, 1.165) is 37.3 Å². The van der Waals surface area contributed by atoms with Crippen molar-refractivity contribution in [2.45, 2.75) is 57.5 Å². The van der Waals surface area contributed by atoms with E-state index in [1.54, 1.807) is 0 Å². The zero-order valence-corrected chi connectivity index (χ0v) is 12.9. The van der Waals surface area contributed by atoms with Gasteiger partial charge in [-0.3, -0.25) is 4.79 Å². The minimum absolute atomic E-state index is 0.154. The Morgan fingerprint density at radius 1 is 1.19 bits per heavy atom. The van der Waals surface area contributed by atoms with Crippen LogP contribution in [0.3, 0.4) is 0 Å². The molecule has 1 saturated carbocycles. The third-order valence-corrected chi connectivity index (χ3v) is 4.97. The molecule has 0 aromatic heterocycles. The summed E-state index contributed by atoms with van der Waals surface area (Å²) >= 11 is 0. The standard InChI is InChI=1S/C18H26N2O/c1-13-5-4-7-15(10-9-13)20-18(21)17-16-8-3-2-6-14(16)11-12-19-17/h2-3,6,8,13,15,17,19H,4-5,7,9-12H2,1H3,(H,20,21). The monoisotopic (exact) mass is 286 g/mol. The summed E-state index contributed by atoms with van der Waals surface area (Å²) in [5.74, 6) is 0.960. The molecule has 21 heavy (non-hydrogen) atoms. The average molecular weight is 286 g/mol. The molecule has 0 spiro atoms. The van der Waals surface area contributed by atoms with Gasteiger partial charge in [-0.05, 0) is 42.7 Å². The molecule has 1 amide bonds. The zero-order chi connectivity index (χ0) is 14.7. The summed E-state index contributed by atoms with van der Waals surface area (Å²) < 4.78 is 0. The maximum absolute atomic E-state index is 12.6. The molecule has 1 aromatic rings. The normalized spacial score (nSPS) is 29.3. The number of hydrogen-bond acceptors (Lipinski definition) is 2. The fourth-order valence-electron chi connectivity index (χ4n) is 3.65. The number of benzene rings is 1. The molecule has 114 valence electrons. The predicted octanol–water partition coefficient (Wildman–Crippen LogP) is 2.96. The van der Waals surface area contributed by atoms with E-state index >= 15 is 0 Å². The van der Waals surface area contributed by atoms with Crippen LogP contribution in [0.5, 0.6) is 0 Å². The molecule has 1 fully saturated rings. The molecule has 0 radical (unpaired) electrons. The average Bonchev–Trinajstić information content (AvgIpc) is 2.71. The Kier molecular flexibility index (Phi) is 4.59. The molecule has 3 heteroatoms. The number of rotatable bonds is 2. The Balaban J connectivity index is 1.66. The van der Waals surface area contributed by atoms with E-state index < -0.39 is 0 Å². The van der Waals surface area contributed by atoms with Crippen LogP contribution in [-0.4, -0.2) is 18.5 Å². The van der Waals surface area contributed by atoms with Crippen molar-refractivity contribution in [3.05, 3.63) is 35.4 Å². The number of carbonyl (C=O) groups excluding carboxylic acids is 1. The smallest absolute Gasteiger partial charge is 0.241 e. The number of amides is 1. The summed E-state index contributed by atoms with van der Waals surface area (Å²) in [4.78, 5) is 12.6. The first-order valence-corrected chi connectivity index (χ1v) is 8.35. The van der Waals surface area contributed by atoms with E-state index in [9.17, 15) is 4.79 Å². The molecule has 1 aromatic carbocycles. The third-order valence-electron chi connectivity index (χ3n) is 4.97. The SMILES string of the molecule is CC1CCCC(NC(=O)C2NCCc3ccccc32)CC1. The van der Waals surface area contributed by atoms with Gasteiger partial charge in [0, 0.05) is 12.6 Å². The Morgan fingerprint density at radius 3 is 2.95 bits per heavy atom. The Hall–Kier alpha value is -1.35. The lowest BCUT2D eigenvalue weighted by atomic mass is 9.93. The van der Waals surface area contributed by atoms with Crippen molar-refractivity contribution in [2.75, 3.05) is 6.54 Å². The highest BCUT2D eigenvalue weighted by Crippen LogP contribution is 2.25. The first kappa shape index (κ1) is 14.6. The van der Waals surface area contributed by atoms with Crippen molar-refractivity contribution in [1.29, 1.82) is 0 Å². The molecule has 3 atom stereocenters. The van der Waals surface area contributed by atoms with Crippen LogP contribution in [0.1, 0.15) is 56.2 Å². The molecule has 3 unspecified atom stereocenters. The highest BCUT2D eigenvalue weighted by molar-refractivity contribution is 5.84. The van der Waals surface area contributed by atoms with Gasteiger partial charge in [0.05, 0.1) is 0 Å². The van der Waals surface area contributed by atoms with Gasteiger partial charge in [0.1, 0.15) is 6.04 Å². The third kappa shape index (κ3) is 3.46.